The van der Waals surface area contributed by atoms with Crippen LogP contribution in [0.5, 0.6) is 0 Å². The van der Waals surface area contributed by atoms with Gasteiger partial charge in [0.2, 0.25) is 0 Å². The van der Waals surface area contributed by atoms with E-state index >= 15 is 0 Å². The highest BCUT2D eigenvalue weighted by Gasteiger charge is 2.07. The molecule has 2 heteroatoms. The van der Waals surface area contributed by atoms with Crippen LogP contribution in [0.4, 0.5) is 0 Å². The van der Waals surface area contributed by atoms with Crippen LogP contribution in [0, 0.1) is 20.8 Å². The Bertz CT molecular complexity index is 533. The molecule has 0 N–H and O–H groups in total. The minimum atomic E-state index is 1.12. The first-order valence-corrected chi connectivity index (χ1v) is 7.20. The standard InChI is InChI=1S/C15H16S2/c1-10-5-7-14(8-6-10)12(3)17-15-9-11(2)16-13(15)4/h5-9H,3H2,1-2,4H3. The molecule has 2 aromatic rings. The Morgan fingerprint density at radius 2 is 1.76 bits per heavy atom. The van der Waals surface area contributed by atoms with Gasteiger partial charge in [-0.25, -0.2) is 0 Å². The quantitative estimate of drug-likeness (QED) is 0.662. The molecule has 0 bridgehead atoms. The molecular formula is C15H16S2. The summed E-state index contributed by atoms with van der Waals surface area (Å²) in [6.07, 6.45) is 0. The molecule has 0 amide bonds. The van der Waals surface area contributed by atoms with Crippen LogP contribution in [0.1, 0.15) is 20.9 Å². The van der Waals surface area contributed by atoms with Gasteiger partial charge >= 0.3 is 0 Å². The van der Waals surface area contributed by atoms with Crippen LogP contribution < -0.4 is 0 Å². The molecule has 1 aromatic carbocycles. The maximum atomic E-state index is 4.17. The van der Waals surface area contributed by atoms with Crippen molar-refractivity contribution in [3.8, 4) is 0 Å². The molecule has 0 saturated heterocycles. The third-order valence-electron chi connectivity index (χ3n) is 2.60. The largest absolute Gasteiger partial charge is 0.145 e. The molecule has 0 radical (unpaired) electrons. The van der Waals surface area contributed by atoms with Gasteiger partial charge < -0.3 is 0 Å². The average Bonchev–Trinajstić information content (AvgIpc) is 2.58. The van der Waals surface area contributed by atoms with Crippen LogP contribution in [0.15, 0.2) is 41.8 Å². The van der Waals surface area contributed by atoms with E-state index in [4.69, 9.17) is 0 Å². The van der Waals surface area contributed by atoms with Crippen LogP contribution in [0.25, 0.3) is 4.91 Å². The van der Waals surface area contributed by atoms with Gasteiger partial charge in [-0.1, -0.05) is 48.2 Å². The van der Waals surface area contributed by atoms with Gasteiger partial charge in [0.15, 0.2) is 0 Å². The van der Waals surface area contributed by atoms with Crippen LogP contribution in [0.3, 0.4) is 0 Å². The molecule has 0 aliphatic heterocycles. The lowest BCUT2D eigenvalue weighted by Crippen LogP contribution is -1.79. The van der Waals surface area contributed by atoms with E-state index in [-0.39, 0.29) is 0 Å². The smallest absolute Gasteiger partial charge is 0.0261 e. The predicted molar refractivity (Wildman–Crippen MR) is 79.9 cm³/mol. The molecule has 0 spiro atoms. The minimum absolute atomic E-state index is 1.12. The lowest BCUT2D eigenvalue weighted by Gasteiger charge is -2.05. The maximum absolute atomic E-state index is 4.17. The van der Waals surface area contributed by atoms with Gasteiger partial charge in [-0.15, -0.1) is 11.3 Å². The Labute approximate surface area is 111 Å². The van der Waals surface area contributed by atoms with Gasteiger partial charge in [0, 0.05) is 19.6 Å². The Hall–Kier alpha value is -0.990. The summed E-state index contributed by atoms with van der Waals surface area (Å²) in [6, 6.07) is 10.8. The molecule has 1 heterocycles. The van der Waals surface area contributed by atoms with Crippen molar-refractivity contribution in [3.05, 3.63) is 57.8 Å². The molecule has 0 aliphatic carbocycles. The van der Waals surface area contributed by atoms with Gasteiger partial charge in [0.1, 0.15) is 0 Å². The molecule has 0 fully saturated rings. The molecule has 88 valence electrons. The first-order valence-electron chi connectivity index (χ1n) is 5.57. The van der Waals surface area contributed by atoms with E-state index in [0.717, 1.165) is 4.91 Å². The van der Waals surface area contributed by atoms with Crippen molar-refractivity contribution in [2.24, 2.45) is 0 Å². The number of thioether (sulfide) groups is 1. The number of benzene rings is 1. The Morgan fingerprint density at radius 3 is 2.29 bits per heavy atom. The lowest BCUT2D eigenvalue weighted by molar-refractivity contribution is 1.41. The topological polar surface area (TPSA) is 0 Å². The molecule has 0 nitrogen and oxygen atoms in total. The van der Waals surface area contributed by atoms with Gasteiger partial charge in [0.05, 0.1) is 0 Å². The first kappa shape index (κ1) is 12.5. The second-order valence-electron chi connectivity index (χ2n) is 4.17. The van der Waals surface area contributed by atoms with Crippen LogP contribution in [0.2, 0.25) is 0 Å². The molecule has 1 aromatic heterocycles. The maximum Gasteiger partial charge on any atom is 0.0261 e. The Morgan fingerprint density at radius 1 is 1.12 bits per heavy atom. The molecule has 0 unspecified atom stereocenters. The summed E-state index contributed by atoms with van der Waals surface area (Å²) in [7, 11) is 0. The van der Waals surface area contributed by atoms with Crippen LogP contribution >= 0.6 is 23.1 Å². The molecule has 17 heavy (non-hydrogen) atoms. The van der Waals surface area contributed by atoms with E-state index in [9.17, 15) is 0 Å². The third-order valence-corrected chi connectivity index (χ3v) is 4.82. The average molecular weight is 260 g/mol. The second-order valence-corrected chi connectivity index (χ2v) is 6.77. The zero-order valence-corrected chi connectivity index (χ0v) is 12.0. The predicted octanol–water partition coefficient (Wildman–Crippen LogP) is 5.44. The molecule has 0 atom stereocenters. The van der Waals surface area contributed by atoms with Crippen molar-refractivity contribution in [3.63, 3.8) is 0 Å². The number of hydrogen-bond acceptors (Lipinski definition) is 2. The summed E-state index contributed by atoms with van der Waals surface area (Å²) in [4.78, 5) is 5.19. The van der Waals surface area contributed by atoms with Crippen molar-refractivity contribution in [1.29, 1.82) is 0 Å². The third kappa shape index (κ3) is 3.02. The highest BCUT2D eigenvalue weighted by atomic mass is 32.2. The van der Waals surface area contributed by atoms with E-state index in [0.29, 0.717) is 0 Å². The van der Waals surface area contributed by atoms with Crippen LogP contribution in [-0.2, 0) is 0 Å². The van der Waals surface area contributed by atoms with E-state index in [1.165, 1.54) is 25.8 Å². The van der Waals surface area contributed by atoms with Gasteiger partial charge in [-0.3, -0.25) is 0 Å². The van der Waals surface area contributed by atoms with E-state index < -0.39 is 0 Å². The highest BCUT2D eigenvalue weighted by molar-refractivity contribution is 8.08. The zero-order chi connectivity index (χ0) is 12.4. The summed E-state index contributed by atoms with van der Waals surface area (Å²) >= 11 is 3.61. The molecule has 2 rings (SSSR count). The van der Waals surface area contributed by atoms with Crippen molar-refractivity contribution in [2.45, 2.75) is 25.7 Å². The Kier molecular flexibility index (Phi) is 3.75. The fraction of sp³-hybridized carbons (Fsp3) is 0.200. The summed E-state index contributed by atoms with van der Waals surface area (Å²) in [5, 5.41) is 0. The molecular weight excluding hydrogens is 244 g/mol. The monoisotopic (exact) mass is 260 g/mol. The summed E-state index contributed by atoms with van der Waals surface area (Å²) < 4.78 is 0. The number of rotatable bonds is 3. The summed E-state index contributed by atoms with van der Waals surface area (Å²) in [5.74, 6) is 0. The fourth-order valence-electron chi connectivity index (χ4n) is 1.64. The summed E-state index contributed by atoms with van der Waals surface area (Å²) in [5.41, 5.74) is 2.50. The van der Waals surface area contributed by atoms with Gasteiger partial charge in [-0.2, -0.15) is 0 Å². The minimum Gasteiger partial charge on any atom is -0.145 e. The Balaban J connectivity index is 2.17. The fourth-order valence-corrected chi connectivity index (χ4v) is 3.68. The second kappa shape index (κ2) is 5.11. The van der Waals surface area contributed by atoms with Gasteiger partial charge in [-0.05, 0) is 32.4 Å². The molecule has 0 saturated carbocycles. The number of aryl methyl sites for hydroxylation is 3. The zero-order valence-electron chi connectivity index (χ0n) is 10.4. The number of thiophene rings is 1. The van der Waals surface area contributed by atoms with Crippen molar-refractivity contribution >= 4 is 28.0 Å². The number of hydrogen-bond donors (Lipinski definition) is 0. The van der Waals surface area contributed by atoms with E-state index in [1.54, 1.807) is 11.8 Å². The van der Waals surface area contributed by atoms with Gasteiger partial charge in [0.25, 0.3) is 0 Å². The van der Waals surface area contributed by atoms with Crippen LogP contribution in [-0.4, -0.2) is 0 Å². The first-order chi connectivity index (χ1) is 8.06. The lowest BCUT2D eigenvalue weighted by atomic mass is 10.1. The highest BCUT2D eigenvalue weighted by Crippen LogP contribution is 2.38. The van der Waals surface area contributed by atoms with Crippen molar-refractivity contribution in [1.82, 2.24) is 0 Å². The normalized spacial score (nSPS) is 10.5. The van der Waals surface area contributed by atoms with Crippen molar-refractivity contribution < 1.29 is 0 Å². The summed E-state index contributed by atoms with van der Waals surface area (Å²) in [6.45, 7) is 10.6. The van der Waals surface area contributed by atoms with E-state index in [2.05, 4.69) is 57.7 Å². The van der Waals surface area contributed by atoms with E-state index in [1.807, 2.05) is 11.3 Å². The SMILES string of the molecule is C=C(Sc1cc(C)sc1C)c1ccc(C)cc1. The molecule has 0 aliphatic rings. The van der Waals surface area contributed by atoms with Crippen molar-refractivity contribution in [2.75, 3.05) is 0 Å².